The van der Waals surface area contributed by atoms with E-state index in [9.17, 15) is 0 Å². The van der Waals surface area contributed by atoms with E-state index >= 15 is 0 Å². The van der Waals surface area contributed by atoms with E-state index in [0.717, 1.165) is 29.9 Å². The topological polar surface area (TPSA) is 24.5 Å². The molecule has 21 heavy (non-hydrogen) atoms. The van der Waals surface area contributed by atoms with Crippen molar-refractivity contribution >= 4 is 15.9 Å². The number of piperidine rings is 1. The molecule has 0 amide bonds. The van der Waals surface area contributed by atoms with Crippen LogP contribution in [-0.2, 0) is 6.54 Å². The van der Waals surface area contributed by atoms with Gasteiger partial charge in [-0.05, 0) is 44.1 Å². The van der Waals surface area contributed by atoms with Gasteiger partial charge in [0.2, 0.25) is 0 Å². The van der Waals surface area contributed by atoms with E-state index in [1.807, 2.05) is 0 Å². The molecule has 0 unspecified atom stereocenters. The van der Waals surface area contributed by atoms with Crippen molar-refractivity contribution in [2.24, 2.45) is 0 Å². The van der Waals surface area contributed by atoms with Crippen LogP contribution in [0.2, 0.25) is 0 Å². The zero-order valence-corrected chi connectivity index (χ0v) is 14.8. The molecule has 1 saturated heterocycles. The normalized spacial score (nSPS) is 16.4. The second kappa shape index (κ2) is 8.76. The smallest absolute Gasteiger partial charge is 0.123 e. The summed E-state index contributed by atoms with van der Waals surface area (Å²) in [6.07, 6.45) is 4.05. The van der Waals surface area contributed by atoms with Gasteiger partial charge in [-0.2, -0.15) is 0 Å². The van der Waals surface area contributed by atoms with Gasteiger partial charge in [-0.25, -0.2) is 0 Å². The van der Waals surface area contributed by atoms with Crippen molar-refractivity contribution in [2.45, 2.75) is 45.7 Å². The van der Waals surface area contributed by atoms with E-state index in [2.05, 4.69) is 58.2 Å². The lowest BCUT2D eigenvalue weighted by atomic mass is 10.1. The lowest BCUT2D eigenvalue weighted by Crippen LogP contribution is -2.33. The van der Waals surface area contributed by atoms with Gasteiger partial charge in [0.05, 0.1) is 0 Å². The third-order valence-corrected chi connectivity index (χ3v) is 4.33. The van der Waals surface area contributed by atoms with E-state index in [1.165, 1.54) is 37.9 Å². The van der Waals surface area contributed by atoms with Gasteiger partial charge in [0.15, 0.2) is 0 Å². The van der Waals surface area contributed by atoms with Crippen LogP contribution in [0.1, 0.15) is 38.7 Å². The minimum absolute atomic E-state index is 0.477. The second-order valence-corrected chi connectivity index (χ2v) is 6.95. The van der Waals surface area contributed by atoms with E-state index in [0.29, 0.717) is 6.04 Å². The summed E-state index contributed by atoms with van der Waals surface area (Å²) in [7, 11) is 0. The number of hydrogen-bond acceptors (Lipinski definition) is 3. The number of rotatable bonds is 7. The quantitative estimate of drug-likeness (QED) is 0.805. The fourth-order valence-electron chi connectivity index (χ4n) is 2.61. The molecule has 1 aromatic carbocycles. The average Bonchev–Trinajstić information content (AvgIpc) is 2.48. The highest BCUT2D eigenvalue weighted by Crippen LogP contribution is 2.23. The molecular formula is C17H27BrN2O. The molecule has 0 bridgehead atoms. The SMILES string of the molecule is CC(C)NCc1cc(Br)ccc1OCCN1CCCCC1. The number of hydrogen-bond donors (Lipinski definition) is 1. The van der Waals surface area contributed by atoms with Crippen molar-refractivity contribution in [3.8, 4) is 5.75 Å². The van der Waals surface area contributed by atoms with Gasteiger partial charge in [-0.3, -0.25) is 4.90 Å². The largest absolute Gasteiger partial charge is 0.492 e. The molecule has 1 aromatic rings. The number of likely N-dealkylation sites (tertiary alicyclic amines) is 1. The van der Waals surface area contributed by atoms with Crippen molar-refractivity contribution in [3.63, 3.8) is 0 Å². The van der Waals surface area contributed by atoms with Crippen molar-refractivity contribution in [2.75, 3.05) is 26.2 Å². The highest BCUT2D eigenvalue weighted by atomic mass is 79.9. The van der Waals surface area contributed by atoms with E-state index in [1.54, 1.807) is 0 Å². The Morgan fingerprint density at radius 3 is 2.71 bits per heavy atom. The van der Waals surface area contributed by atoms with Gasteiger partial charge >= 0.3 is 0 Å². The van der Waals surface area contributed by atoms with E-state index < -0.39 is 0 Å². The van der Waals surface area contributed by atoms with Crippen molar-refractivity contribution in [3.05, 3.63) is 28.2 Å². The molecule has 0 spiro atoms. The molecule has 1 heterocycles. The molecule has 2 rings (SSSR count). The fraction of sp³-hybridized carbons (Fsp3) is 0.647. The Morgan fingerprint density at radius 2 is 2.00 bits per heavy atom. The van der Waals surface area contributed by atoms with Gasteiger partial charge in [0.25, 0.3) is 0 Å². The maximum absolute atomic E-state index is 6.02. The summed E-state index contributed by atoms with van der Waals surface area (Å²) < 4.78 is 7.13. The highest BCUT2D eigenvalue weighted by molar-refractivity contribution is 9.10. The molecule has 3 nitrogen and oxygen atoms in total. The number of halogens is 1. The summed E-state index contributed by atoms with van der Waals surface area (Å²) in [6.45, 7) is 9.43. The Balaban J connectivity index is 1.85. The molecule has 1 N–H and O–H groups in total. The number of benzene rings is 1. The van der Waals surface area contributed by atoms with Gasteiger partial charge in [0, 0.05) is 29.2 Å². The van der Waals surface area contributed by atoms with E-state index in [4.69, 9.17) is 4.74 Å². The maximum atomic E-state index is 6.02. The molecule has 0 aliphatic carbocycles. The Morgan fingerprint density at radius 1 is 1.24 bits per heavy atom. The zero-order chi connectivity index (χ0) is 15.1. The minimum atomic E-state index is 0.477. The molecule has 1 fully saturated rings. The minimum Gasteiger partial charge on any atom is -0.492 e. The van der Waals surface area contributed by atoms with Gasteiger partial charge in [0.1, 0.15) is 12.4 Å². The van der Waals surface area contributed by atoms with Gasteiger partial charge in [-0.15, -0.1) is 0 Å². The van der Waals surface area contributed by atoms with Crippen LogP contribution in [0.3, 0.4) is 0 Å². The van der Waals surface area contributed by atoms with Crippen molar-refractivity contribution in [1.82, 2.24) is 10.2 Å². The molecule has 0 atom stereocenters. The van der Waals surface area contributed by atoms with Crippen LogP contribution in [-0.4, -0.2) is 37.2 Å². The van der Waals surface area contributed by atoms with Crippen LogP contribution < -0.4 is 10.1 Å². The van der Waals surface area contributed by atoms with Crippen LogP contribution in [0.5, 0.6) is 5.75 Å². The Bertz CT molecular complexity index is 431. The predicted octanol–water partition coefficient (Wildman–Crippen LogP) is 3.81. The lowest BCUT2D eigenvalue weighted by Gasteiger charge is -2.26. The highest BCUT2D eigenvalue weighted by Gasteiger charge is 2.10. The van der Waals surface area contributed by atoms with Crippen LogP contribution in [0.25, 0.3) is 0 Å². The first-order chi connectivity index (χ1) is 10.1. The van der Waals surface area contributed by atoms with Gasteiger partial charge < -0.3 is 10.1 Å². The van der Waals surface area contributed by atoms with Crippen LogP contribution in [0.15, 0.2) is 22.7 Å². The third kappa shape index (κ3) is 5.97. The second-order valence-electron chi connectivity index (χ2n) is 6.04. The summed E-state index contributed by atoms with van der Waals surface area (Å²) >= 11 is 3.54. The summed E-state index contributed by atoms with van der Waals surface area (Å²) in [4.78, 5) is 2.51. The first-order valence-electron chi connectivity index (χ1n) is 8.02. The van der Waals surface area contributed by atoms with Crippen LogP contribution >= 0.6 is 15.9 Å². The summed E-state index contributed by atoms with van der Waals surface area (Å²) in [5, 5.41) is 3.46. The molecule has 1 aliphatic heterocycles. The van der Waals surface area contributed by atoms with Gasteiger partial charge in [-0.1, -0.05) is 36.2 Å². The third-order valence-electron chi connectivity index (χ3n) is 3.84. The zero-order valence-electron chi connectivity index (χ0n) is 13.2. The Labute approximate surface area is 137 Å². The van der Waals surface area contributed by atoms with Crippen LogP contribution in [0, 0.1) is 0 Å². The summed E-state index contributed by atoms with van der Waals surface area (Å²) in [5.74, 6) is 1.00. The summed E-state index contributed by atoms with van der Waals surface area (Å²) in [5.41, 5.74) is 1.22. The number of nitrogens with one attached hydrogen (secondary N) is 1. The van der Waals surface area contributed by atoms with E-state index in [-0.39, 0.29) is 0 Å². The maximum Gasteiger partial charge on any atom is 0.123 e. The first kappa shape index (κ1) is 16.8. The Hall–Kier alpha value is -0.580. The molecule has 4 heteroatoms. The monoisotopic (exact) mass is 354 g/mol. The first-order valence-corrected chi connectivity index (χ1v) is 8.81. The lowest BCUT2D eigenvalue weighted by molar-refractivity contribution is 0.182. The molecule has 0 saturated carbocycles. The molecule has 118 valence electrons. The predicted molar refractivity (Wildman–Crippen MR) is 91.9 cm³/mol. The molecule has 0 aromatic heterocycles. The summed E-state index contributed by atoms with van der Waals surface area (Å²) in [6, 6.07) is 6.74. The standard InChI is InChI=1S/C17H27BrN2O/c1-14(2)19-13-15-12-16(18)6-7-17(15)21-11-10-20-8-4-3-5-9-20/h6-7,12,14,19H,3-5,8-11,13H2,1-2H3. The average molecular weight is 355 g/mol. The molecule has 0 radical (unpaired) electrons. The molecule has 1 aliphatic rings. The fourth-order valence-corrected chi connectivity index (χ4v) is 3.02. The molecular weight excluding hydrogens is 328 g/mol. The number of nitrogens with zero attached hydrogens (tertiary/aromatic N) is 1. The van der Waals surface area contributed by atoms with Crippen molar-refractivity contribution < 1.29 is 4.74 Å². The van der Waals surface area contributed by atoms with Crippen molar-refractivity contribution in [1.29, 1.82) is 0 Å². The van der Waals surface area contributed by atoms with Crippen LogP contribution in [0.4, 0.5) is 0 Å². The number of ether oxygens (including phenoxy) is 1. The Kier molecular flexibility index (Phi) is 7.00.